The molecule has 8 heteroatoms. The molecule has 2 aromatic heterocycles. The molecule has 1 N–H and O–H groups in total. The van der Waals surface area contributed by atoms with Gasteiger partial charge in [0.25, 0.3) is 0 Å². The number of rotatable bonds is 4. The number of nitrogens with zero attached hydrogens (tertiary/aromatic N) is 5. The molecule has 2 aliphatic heterocycles. The highest BCUT2D eigenvalue weighted by Crippen LogP contribution is 2.32. The van der Waals surface area contributed by atoms with E-state index in [2.05, 4.69) is 37.3 Å². The number of morpholine rings is 1. The lowest BCUT2D eigenvalue weighted by Crippen LogP contribution is -2.39. The molecule has 0 spiro atoms. The number of nitrogens with one attached hydrogen (secondary N) is 1. The molecule has 0 atom stereocenters. The Morgan fingerprint density at radius 1 is 1.15 bits per heavy atom. The fourth-order valence-electron chi connectivity index (χ4n) is 3.67. The van der Waals surface area contributed by atoms with E-state index < -0.39 is 0 Å². The first kappa shape index (κ1) is 18.3. The minimum atomic E-state index is 0.473. The zero-order valence-electron chi connectivity index (χ0n) is 15.8. The number of hydrogen-bond donors (Lipinski definition) is 1. The van der Waals surface area contributed by atoms with Crippen LogP contribution in [0.5, 0.6) is 0 Å². The fourth-order valence-corrected chi connectivity index (χ4v) is 3.82. The summed E-state index contributed by atoms with van der Waals surface area (Å²) in [6.07, 6.45) is 4.70. The maximum atomic E-state index is 6.24. The minimum Gasteiger partial charge on any atom is -0.378 e. The van der Waals surface area contributed by atoms with Crippen LogP contribution in [0.1, 0.15) is 11.3 Å². The highest BCUT2D eigenvalue weighted by atomic mass is 35.5. The maximum Gasteiger partial charge on any atom is 0.153 e. The smallest absolute Gasteiger partial charge is 0.153 e. The summed E-state index contributed by atoms with van der Waals surface area (Å²) in [6.45, 7) is 5.15. The lowest BCUT2D eigenvalue weighted by atomic mass is 10.0. The van der Waals surface area contributed by atoms with Crippen molar-refractivity contribution in [3.63, 3.8) is 0 Å². The van der Waals surface area contributed by atoms with Crippen LogP contribution in [-0.2, 0) is 17.7 Å². The van der Waals surface area contributed by atoms with E-state index in [1.54, 1.807) is 0 Å². The molecule has 4 heterocycles. The van der Waals surface area contributed by atoms with Gasteiger partial charge in [0.15, 0.2) is 5.15 Å². The summed E-state index contributed by atoms with van der Waals surface area (Å²) in [6, 6.07) is 4.19. The van der Waals surface area contributed by atoms with Crippen LogP contribution in [0.2, 0.25) is 5.15 Å². The van der Waals surface area contributed by atoms with Gasteiger partial charge in [0.2, 0.25) is 0 Å². The molecule has 4 rings (SSSR count). The molecule has 0 bridgehead atoms. The van der Waals surface area contributed by atoms with Crippen molar-refractivity contribution in [1.82, 2.24) is 15.0 Å². The van der Waals surface area contributed by atoms with Crippen molar-refractivity contribution < 1.29 is 4.74 Å². The Labute approximate surface area is 164 Å². The molecule has 27 heavy (non-hydrogen) atoms. The Kier molecular flexibility index (Phi) is 5.33. The second-order valence-electron chi connectivity index (χ2n) is 7.06. The van der Waals surface area contributed by atoms with E-state index in [0.717, 1.165) is 57.2 Å². The van der Waals surface area contributed by atoms with Crippen molar-refractivity contribution in [3.8, 4) is 0 Å². The molecule has 0 aliphatic carbocycles. The number of fused-ring (bicyclic) bond motifs is 1. The molecule has 0 aromatic carbocycles. The Balaban J connectivity index is 1.61. The molecular weight excluding hydrogens is 364 g/mol. The van der Waals surface area contributed by atoms with Crippen molar-refractivity contribution in [1.29, 1.82) is 0 Å². The molecule has 2 aliphatic rings. The third-order valence-electron chi connectivity index (χ3n) is 4.97. The number of aromatic nitrogens is 2. The largest absolute Gasteiger partial charge is 0.378 e. The minimum absolute atomic E-state index is 0.473. The summed E-state index contributed by atoms with van der Waals surface area (Å²) < 4.78 is 5.51. The molecule has 2 aromatic rings. The summed E-state index contributed by atoms with van der Waals surface area (Å²) in [5.74, 6) is 0. The summed E-state index contributed by atoms with van der Waals surface area (Å²) >= 11 is 6.24. The highest BCUT2D eigenvalue weighted by Gasteiger charge is 2.24. The first-order valence-corrected chi connectivity index (χ1v) is 9.63. The van der Waals surface area contributed by atoms with E-state index in [1.165, 1.54) is 16.9 Å². The Morgan fingerprint density at radius 2 is 1.96 bits per heavy atom. The van der Waals surface area contributed by atoms with Crippen LogP contribution in [0.4, 0.5) is 17.1 Å². The van der Waals surface area contributed by atoms with E-state index in [-0.39, 0.29) is 0 Å². The highest BCUT2D eigenvalue weighted by molar-refractivity contribution is 6.32. The van der Waals surface area contributed by atoms with Gasteiger partial charge in [0.1, 0.15) is 0 Å². The van der Waals surface area contributed by atoms with Crippen LogP contribution in [0, 0.1) is 0 Å². The van der Waals surface area contributed by atoms with Crippen molar-refractivity contribution in [2.75, 3.05) is 62.2 Å². The Bertz CT molecular complexity index is 809. The van der Waals surface area contributed by atoms with Crippen molar-refractivity contribution >= 4 is 28.7 Å². The van der Waals surface area contributed by atoms with E-state index in [0.29, 0.717) is 5.15 Å². The standard InChI is InChI=1S/C19H25ClN6O/c1-24(2)23-17-11-14(12-22-19(17)20)26-6-4-16-15(13-26)18(3-5-21-16)25-7-9-27-10-8-25/h3,5,11-12,23H,4,6-10,13H2,1-2H3. The first-order chi connectivity index (χ1) is 13.1. The van der Waals surface area contributed by atoms with Crippen molar-refractivity contribution in [2.24, 2.45) is 0 Å². The number of halogens is 1. The average molecular weight is 389 g/mol. The van der Waals surface area contributed by atoms with Crippen LogP contribution >= 0.6 is 11.6 Å². The predicted octanol–water partition coefficient (Wildman–Crippen LogP) is 2.42. The van der Waals surface area contributed by atoms with Crippen LogP contribution in [0.15, 0.2) is 24.5 Å². The van der Waals surface area contributed by atoms with Crippen molar-refractivity contribution in [2.45, 2.75) is 13.0 Å². The quantitative estimate of drug-likeness (QED) is 0.637. The number of pyridine rings is 2. The van der Waals surface area contributed by atoms with Gasteiger partial charge in [0.05, 0.1) is 30.8 Å². The van der Waals surface area contributed by atoms with Crippen LogP contribution in [0.25, 0.3) is 0 Å². The number of hydrazine groups is 1. The number of anilines is 3. The summed E-state index contributed by atoms with van der Waals surface area (Å²) in [4.78, 5) is 13.8. The van der Waals surface area contributed by atoms with E-state index in [9.17, 15) is 0 Å². The van der Waals surface area contributed by atoms with Crippen LogP contribution in [-0.4, -0.2) is 61.9 Å². The zero-order valence-corrected chi connectivity index (χ0v) is 16.5. The van der Waals surface area contributed by atoms with Gasteiger partial charge in [-0.25, -0.2) is 9.99 Å². The third kappa shape index (κ3) is 3.95. The normalized spacial score (nSPS) is 17.2. The van der Waals surface area contributed by atoms with Gasteiger partial charge in [-0.1, -0.05) is 11.6 Å². The summed E-state index contributed by atoms with van der Waals surface area (Å²) in [7, 11) is 3.86. The topological polar surface area (TPSA) is 56.8 Å². The molecular formula is C19H25ClN6O. The van der Waals surface area contributed by atoms with E-state index in [1.807, 2.05) is 31.5 Å². The SMILES string of the molecule is CN(C)Nc1cc(N2CCc3nccc(N4CCOCC4)c3C2)cnc1Cl. The molecule has 1 fully saturated rings. The van der Waals surface area contributed by atoms with Gasteiger partial charge in [-0.3, -0.25) is 4.98 Å². The predicted molar refractivity (Wildman–Crippen MR) is 109 cm³/mol. The van der Waals surface area contributed by atoms with E-state index >= 15 is 0 Å². The maximum absolute atomic E-state index is 6.24. The van der Waals surface area contributed by atoms with Crippen LogP contribution < -0.4 is 15.2 Å². The van der Waals surface area contributed by atoms with Gasteiger partial charge in [0, 0.05) is 69.8 Å². The Morgan fingerprint density at radius 3 is 2.74 bits per heavy atom. The Hall–Kier alpha value is -2.09. The van der Waals surface area contributed by atoms with Gasteiger partial charge in [-0.2, -0.15) is 0 Å². The number of ether oxygens (including phenoxy) is 1. The zero-order chi connectivity index (χ0) is 18.8. The lowest BCUT2D eigenvalue weighted by Gasteiger charge is -2.36. The third-order valence-corrected chi connectivity index (χ3v) is 5.27. The van der Waals surface area contributed by atoms with Gasteiger partial charge in [-0.15, -0.1) is 0 Å². The lowest BCUT2D eigenvalue weighted by molar-refractivity contribution is 0.122. The summed E-state index contributed by atoms with van der Waals surface area (Å²) in [5.41, 5.74) is 8.87. The number of hydrogen-bond acceptors (Lipinski definition) is 7. The van der Waals surface area contributed by atoms with Gasteiger partial charge in [-0.05, 0) is 12.1 Å². The second kappa shape index (κ2) is 7.88. The second-order valence-corrected chi connectivity index (χ2v) is 7.42. The molecule has 7 nitrogen and oxygen atoms in total. The molecule has 144 valence electrons. The van der Waals surface area contributed by atoms with E-state index in [4.69, 9.17) is 16.3 Å². The van der Waals surface area contributed by atoms with Gasteiger partial charge < -0.3 is 20.0 Å². The fraction of sp³-hybridized carbons (Fsp3) is 0.474. The molecule has 0 saturated carbocycles. The first-order valence-electron chi connectivity index (χ1n) is 9.26. The molecule has 0 amide bonds. The van der Waals surface area contributed by atoms with Gasteiger partial charge >= 0.3 is 0 Å². The summed E-state index contributed by atoms with van der Waals surface area (Å²) in [5, 5.41) is 2.33. The molecule has 0 unspecified atom stereocenters. The molecule has 1 saturated heterocycles. The van der Waals surface area contributed by atoms with Crippen molar-refractivity contribution in [3.05, 3.63) is 40.9 Å². The van der Waals surface area contributed by atoms with Crippen LogP contribution in [0.3, 0.4) is 0 Å². The monoisotopic (exact) mass is 388 g/mol. The molecule has 0 radical (unpaired) electrons. The average Bonchev–Trinajstić information content (AvgIpc) is 2.69.